The number of hydrogen-bond acceptors (Lipinski definition) is 2. The molecule has 0 aromatic heterocycles. The van der Waals surface area contributed by atoms with Gasteiger partial charge in [0.05, 0.1) is 5.69 Å². The molecule has 3 N–H and O–H groups in total. The van der Waals surface area contributed by atoms with Gasteiger partial charge in [0, 0.05) is 22.5 Å². The second-order valence-corrected chi connectivity index (χ2v) is 5.64. The SMILES string of the molecule is CC(C)(N)CCC(=O)Nc1c(F)cc(F)cc1Br. The van der Waals surface area contributed by atoms with E-state index in [0.717, 1.165) is 6.07 Å². The molecular formula is C12H15BrF2N2O. The van der Waals surface area contributed by atoms with Gasteiger partial charge in [-0.1, -0.05) is 0 Å². The average Bonchev–Trinajstić information content (AvgIpc) is 2.19. The molecule has 0 spiro atoms. The van der Waals surface area contributed by atoms with E-state index in [4.69, 9.17) is 5.73 Å². The minimum absolute atomic E-state index is 0.0590. The van der Waals surface area contributed by atoms with Gasteiger partial charge in [-0.25, -0.2) is 8.78 Å². The topological polar surface area (TPSA) is 55.1 Å². The molecular weight excluding hydrogens is 306 g/mol. The number of halogens is 3. The van der Waals surface area contributed by atoms with E-state index in [1.54, 1.807) is 13.8 Å². The van der Waals surface area contributed by atoms with Crippen LogP contribution in [0.1, 0.15) is 26.7 Å². The van der Waals surface area contributed by atoms with Crippen LogP contribution in [-0.2, 0) is 4.79 Å². The molecule has 3 nitrogen and oxygen atoms in total. The second-order valence-electron chi connectivity index (χ2n) is 4.78. The maximum atomic E-state index is 13.4. The predicted molar refractivity (Wildman–Crippen MR) is 70.2 cm³/mol. The Labute approximate surface area is 113 Å². The predicted octanol–water partition coefficient (Wildman–Crippen LogP) is 3.18. The van der Waals surface area contributed by atoms with Crippen molar-refractivity contribution >= 4 is 27.5 Å². The number of carbonyl (C=O) groups excluding carboxylic acids is 1. The summed E-state index contributed by atoms with van der Waals surface area (Å²) in [4.78, 5) is 11.6. The number of nitrogens with two attached hydrogens (primary N) is 1. The Morgan fingerprint density at radius 2 is 2.06 bits per heavy atom. The number of benzene rings is 1. The van der Waals surface area contributed by atoms with Gasteiger partial charge < -0.3 is 11.1 Å². The summed E-state index contributed by atoms with van der Waals surface area (Å²) in [7, 11) is 0. The summed E-state index contributed by atoms with van der Waals surface area (Å²) in [6.07, 6.45) is 0.645. The van der Waals surface area contributed by atoms with E-state index in [1.165, 1.54) is 0 Å². The number of amides is 1. The number of nitrogens with one attached hydrogen (secondary N) is 1. The molecule has 18 heavy (non-hydrogen) atoms. The van der Waals surface area contributed by atoms with Crippen LogP contribution in [0.3, 0.4) is 0 Å². The average molecular weight is 321 g/mol. The van der Waals surface area contributed by atoms with Crippen LogP contribution in [0.15, 0.2) is 16.6 Å². The molecule has 0 aliphatic carbocycles. The smallest absolute Gasteiger partial charge is 0.224 e. The van der Waals surface area contributed by atoms with Gasteiger partial charge in [0.2, 0.25) is 5.91 Å². The molecule has 0 unspecified atom stereocenters. The monoisotopic (exact) mass is 320 g/mol. The van der Waals surface area contributed by atoms with Gasteiger partial charge in [-0.15, -0.1) is 0 Å². The molecule has 100 valence electrons. The summed E-state index contributed by atoms with van der Waals surface area (Å²) >= 11 is 3.00. The van der Waals surface area contributed by atoms with Gasteiger partial charge in [0.1, 0.15) is 5.82 Å². The minimum Gasteiger partial charge on any atom is -0.326 e. The van der Waals surface area contributed by atoms with Crippen LogP contribution in [-0.4, -0.2) is 11.4 Å². The summed E-state index contributed by atoms with van der Waals surface area (Å²) in [6, 6.07) is 1.80. The van der Waals surface area contributed by atoms with Crippen molar-refractivity contribution in [2.45, 2.75) is 32.2 Å². The van der Waals surface area contributed by atoms with E-state index >= 15 is 0 Å². The van der Waals surface area contributed by atoms with Crippen LogP contribution < -0.4 is 11.1 Å². The normalized spacial score (nSPS) is 11.4. The molecule has 0 aliphatic rings. The lowest BCUT2D eigenvalue weighted by Gasteiger charge is -2.17. The van der Waals surface area contributed by atoms with Crippen molar-refractivity contribution in [3.63, 3.8) is 0 Å². The van der Waals surface area contributed by atoms with Crippen molar-refractivity contribution in [2.24, 2.45) is 5.73 Å². The molecule has 6 heteroatoms. The number of carbonyl (C=O) groups is 1. The molecule has 1 aromatic rings. The quantitative estimate of drug-likeness (QED) is 0.895. The number of anilines is 1. The van der Waals surface area contributed by atoms with Crippen molar-refractivity contribution in [3.05, 3.63) is 28.2 Å². The van der Waals surface area contributed by atoms with Crippen LogP contribution >= 0.6 is 15.9 Å². The Balaban J connectivity index is 2.71. The van der Waals surface area contributed by atoms with Crippen LogP contribution in [0.4, 0.5) is 14.5 Å². The first-order valence-corrected chi connectivity index (χ1v) is 6.21. The summed E-state index contributed by atoms with van der Waals surface area (Å²) in [5.41, 5.74) is 5.22. The largest absolute Gasteiger partial charge is 0.326 e. The molecule has 0 atom stereocenters. The third-order valence-electron chi connectivity index (χ3n) is 2.27. The van der Waals surface area contributed by atoms with E-state index in [0.29, 0.717) is 12.5 Å². The molecule has 1 rings (SSSR count). The highest BCUT2D eigenvalue weighted by molar-refractivity contribution is 9.10. The first kappa shape index (κ1) is 15.0. The van der Waals surface area contributed by atoms with Gasteiger partial charge in [0.25, 0.3) is 0 Å². The Morgan fingerprint density at radius 3 is 2.56 bits per heavy atom. The number of hydrogen-bond donors (Lipinski definition) is 2. The van der Waals surface area contributed by atoms with Crippen molar-refractivity contribution < 1.29 is 13.6 Å². The standard InChI is InChI=1S/C12H15BrF2N2O/c1-12(2,16)4-3-10(18)17-11-8(13)5-7(14)6-9(11)15/h5-6H,3-4,16H2,1-2H3,(H,17,18). The highest BCUT2D eigenvalue weighted by atomic mass is 79.9. The van der Waals surface area contributed by atoms with Crippen molar-refractivity contribution in [3.8, 4) is 0 Å². The fourth-order valence-electron chi connectivity index (χ4n) is 1.30. The summed E-state index contributed by atoms with van der Waals surface area (Å²) in [5, 5.41) is 2.40. The van der Waals surface area contributed by atoms with Gasteiger partial charge in [0.15, 0.2) is 5.82 Å². The van der Waals surface area contributed by atoms with Gasteiger partial charge >= 0.3 is 0 Å². The Hall–Kier alpha value is -1.01. The zero-order chi connectivity index (χ0) is 13.9. The molecule has 0 saturated carbocycles. The molecule has 1 amide bonds. The van der Waals surface area contributed by atoms with E-state index < -0.39 is 17.2 Å². The summed E-state index contributed by atoms with van der Waals surface area (Å²) in [5.74, 6) is -1.89. The molecule has 0 bridgehead atoms. The zero-order valence-electron chi connectivity index (χ0n) is 10.2. The summed E-state index contributed by atoms with van der Waals surface area (Å²) < 4.78 is 26.5. The van der Waals surface area contributed by atoms with Crippen LogP contribution in [0.5, 0.6) is 0 Å². The maximum Gasteiger partial charge on any atom is 0.224 e. The molecule has 0 fully saturated rings. The lowest BCUT2D eigenvalue weighted by atomic mass is 10.00. The molecule has 1 aromatic carbocycles. The third-order valence-corrected chi connectivity index (χ3v) is 2.89. The van der Waals surface area contributed by atoms with Crippen molar-refractivity contribution in [1.29, 1.82) is 0 Å². The maximum absolute atomic E-state index is 13.4. The second kappa shape index (κ2) is 5.75. The Kier molecular flexibility index (Phi) is 4.81. The summed E-state index contributed by atoms with van der Waals surface area (Å²) in [6.45, 7) is 3.60. The molecule has 0 heterocycles. The highest BCUT2D eigenvalue weighted by Crippen LogP contribution is 2.27. The lowest BCUT2D eigenvalue weighted by molar-refractivity contribution is -0.116. The van der Waals surface area contributed by atoms with Crippen molar-refractivity contribution in [2.75, 3.05) is 5.32 Å². The Bertz CT molecular complexity index is 435. The van der Waals surface area contributed by atoms with Crippen LogP contribution in [0, 0.1) is 11.6 Å². The number of rotatable bonds is 4. The Morgan fingerprint density at radius 1 is 1.44 bits per heavy atom. The van der Waals surface area contributed by atoms with Gasteiger partial charge in [-0.05, 0) is 42.3 Å². The third kappa shape index (κ3) is 4.70. The van der Waals surface area contributed by atoms with Gasteiger partial charge in [-0.3, -0.25) is 4.79 Å². The van der Waals surface area contributed by atoms with Crippen molar-refractivity contribution in [1.82, 2.24) is 0 Å². The fourth-order valence-corrected chi connectivity index (χ4v) is 1.81. The van der Waals surface area contributed by atoms with Crippen LogP contribution in [0.25, 0.3) is 0 Å². The van der Waals surface area contributed by atoms with E-state index in [1.807, 2.05) is 0 Å². The van der Waals surface area contributed by atoms with E-state index in [9.17, 15) is 13.6 Å². The molecule has 0 saturated heterocycles. The van der Waals surface area contributed by atoms with Crippen LogP contribution in [0.2, 0.25) is 0 Å². The lowest BCUT2D eigenvalue weighted by Crippen LogP contribution is -2.33. The molecule has 0 radical (unpaired) electrons. The molecule has 0 aliphatic heterocycles. The first-order valence-electron chi connectivity index (χ1n) is 5.42. The minimum atomic E-state index is -0.817. The fraction of sp³-hybridized carbons (Fsp3) is 0.417. The highest BCUT2D eigenvalue weighted by Gasteiger charge is 2.16. The van der Waals surface area contributed by atoms with Gasteiger partial charge in [-0.2, -0.15) is 0 Å². The van der Waals surface area contributed by atoms with E-state index in [2.05, 4.69) is 21.2 Å². The zero-order valence-corrected chi connectivity index (χ0v) is 11.8. The van der Waals surface area contributed by atoms with E-state index in [-0.39, 0.29) is 22.5 Å². The first-order chi connectivity index (χ1) is 8.19.